The van der Waals surface area contributed by atoms with E-state index >= 15 is 0 Å². The average molecular weight is 149 g/mol. The third-order valence-corrected chi connectivity index (χ3v) is 0.891. The molecule has 1 aromatic carbocycles. The highest BCUT2D eigenvalue weighted by Crippen LogP contribution is 1.95. The van der Waals surface area contributed by atoms with Gasteiger partial charge in [0.25, 0.3) is 0 Å². The van der Waals surface area contributed by atoms with Gasteiger partial charge in [-0.05, 0) is 12.1 Å². The highest BCUT2D eigenvalue weighted by Gasteiger charge is 1.72. The molecule has 0 fully saturated rings. The van der Waals surface area contributed by atoms with E-state index in [1.165, 1.54) is 0 Å². The Labute approximate surface area is 66.7 Å². The van der Waals surface area contributed by atoms with Crippen LogP contribution in [0.1, 0.15) is 0 Å². The van der Waals surface area contributed by atoms with Gasteiger partial charge in [-0.15, -0.1) is 6.42 Å². The van der Waals surface area contributed by atoms with E-state index in [9.17, 15) is 0 Å². The van der Waals surface area contributed by atoms with Crippen molar-refractivity contribution in [3.8, 4) is 12.3 Å². The minimum atomic E-state index is -0.153. The molecule has 0 saturated heterocycles. The molecule has 0 radical (unpaired) electrons. The van der Waals surface area contributed by atoms with Gasteiger partial charge < -0.3 is 10.8 Å². The van der Waals surface area contributed by atoms with Crippen LogP contribution in [0.4, 0.5) is 5.69 Å². The van der Waals surface area contributed by atoms with Crippen molar-refractivity contribution in [2.75, 3.05) is 12.3 Å². The van der Waals surface area contributed by atoms with Gasteiger partial charge in [0.15, 0.2) is 0 Å². The molecule has 2 heteroatoms. The Bertz CT molecular complexity index is 213. The molecule has 0 aliphatic heterocycles. The molecule has 0 aliphatic carbocycles. The Morgan fingerprint density at radius 3 is 2.00 bits per heavy atom. The van der Waals surface area contributed by atoms with Crippen LogP contribution in [0.2, 0.25) is 0 Å². The molecule has 0 aliphatic rings. The van der Waals surface area contributed by atoms with E-state index in [-0.39, 0.29) is 6.61 Å². The predicted octanol–water partition coefficient (Wildman–Crippen LogP) is 0.881. The Morgan fingerprint density at radius 1 is 1.36 bits per heavy atom. The Balaban J connectivity index is 0.000000218. The summed E-state index contributed by atoms with van der Waals surface area (Å²) in [6.45, 7) is -0.153. The van der Waals surface area contributed by atoms with E-state index in [1.807, 2.05) is 36.3 Å². The minimum Gasteiger partial charge on any atom is -0.399 e. The summed E-state index contributed by atoms with van der Waals surface area (Å²) in [5.74, 6) is 1.99. The minimum absolute atomic E-state index is 0.153. The smallest absolute Gasteiger partial charge is 0.103 e. The summed E-state index contributed by atoms with van der Waals surface area (Å²) in [5, 5.41) is 7.64. The Morgan fingerprint density at radius 2 is 1.82 bits per heavy atom. The van der Waals surface area contributed by atoms with Gasteiger partial charge in [-0.2, -0.15) is 0 Å². The molecule has 0 spiro atoms. The summed E-state index contributed by atoms with van der Waals surface area (Å²) in [6.07, 6.45) is 4.53. The van der Waals surface area contributed by atoms with Crippen molar-refractivity contribution in [3.63, 3.8) is 0 Å². The summed E-state index contributed by atoms with van der Waals surface area (Å²) in [6, 6.07) is 9.49. The third-order valence-electron chi connectivity index (χ3n) is 0.891. The Hall–Kier alpha value is -1.46. The number of rotatable bonds is 0. The summed E-state index contributed by atoms with van der Waals surface area (Å²) in [4.78, 5) is 0. The largest absolute Gasteiger partial charge is 0.399 e. The molecular formula is C9H11NO. The first-order valence-corrected chi connectivity index (χ1v) is 3.16. The molecular weight excluding hydrogens is 138 g/mol. The molecule has 0 bridgehead atoms. The lowest BCUT2D eigenvalue weighted by atomic mass is 10.3. The van der Waals surface area contributed by atoms with Crippen molar-refractivity contribution in [1.82, 2.24) is 0 Å². The van der Waals surface area contributed by atoms with Crippen LogP contribution in [0.3, 0.4) is 0 Å². The monoisotopic (exact) mass is 149 g/mol. The number of hydrogen-bond donors (Lipinski definition) is 2. The number of nitrogen functional groups attached to an aromatic ring is 1. The second-order valence-electron chi connectivity index (χ2n) is 1.77. The zero-order chi connectivity index (χ0) is 8.53. The van der Waals surface area contributed by atoms with Gasteiger partial charge in [0.1, 0.15) is 6.61 Å². The molecule has 1 rings (SSSR count). The number of para-hydroxylation sites is 1. The summed E-state index contributed by atoms with van der Waals surface area (Å²) in [5.41, 5.74) is 6.18. The van der Waals surface area contributed by atoms with Crippen LogP contribution in [0, 0.1) is 12.3 Å². The van der Waals surface area contributed by atoms with E-state index in [1.54, 1.807) is 0 Å². The molecule has 3 N–H and O–H groups in total. The summed E-state index contributed by atoms with van der Waals surface area (Å²) in [7, 11) is 0. The quantitative estimate of drug-likeness (QED) is 0.425. The second-order valence-corrected chi connectivity index (χ2v) is 1.77. The van der Waals surface area contributed by atoms with Gasteiger partial charge in [-0.3, -0.25) is 0 Å². The van der Waals surface area contributed by atoms with Gasteiger partial charge >= 0.3 is 0 Å². The molecule has 0 aromatic heterocycles. The van der Waals surface area contributed by atoms with E-state index in [0.29, 0.717) is 0 Å². The molecule has 1 aromatic rings. The number of terminal acetylenes is 1. The summed E-state index contributed by atoms with van der Waals surface area (Å²) >= 11 is 0. The van der Waals surface area contributed by atoms with Gasteiger partial charge in [0.2, 0.25) is 0 Å². The molecule has 58 valence electrons. The van der Waals surface area contributed by atoms with E-state index in [0.717, 1.165) is 5.69 Å². The molecule has 0 unspecified atom stereocenters. The van der Waals surface area contributed by atoms with Gasteiger partial charge in [-0.1, -0.05) is 24.1 Å². The molecule has 0 atom stereocenters. The van der Waals surface area contributed by atoms with Crippen LogP contribution in [0.15, 0.2) is 30.3 Å². The standard InChI is InChI=1S/C6H7N.C3H4O/c7-6-4-2-1-3-5-6;1-2-3-4/h1-5H,7H2;1,4H,3H2. The van der Waals surface area contributed by atoms with Crippen LogP contribution in [-0.2, 0) is 0 Å². The first-order valence-electron chi connectivity index (χ1n) is 3.16. The van der Waals surface area contributed by atoms with E-state index in [2.05, 4.69) is 6.42 Å². The van der Waals surface area contributed by atoms with Crippen LogP contribution in [-0.4, -0.2) is 11.7 Å². The fourth-order valence-electron chi connectivity index (χ4n) is 0.453. The normalized spacial score (nSPS) is 7.27. The lowest BCUT2D eigenvalue weighted by molar-refractivity contribution is 0.351. The highest BCUT2D eigenvalue weighted by atomic mass is 16.2. The van der Waals surface area contributed by atoms with Crippen molar-refractivity contribution >= 4 is 5.69 Å². The fourth-order valence-corrected chi connectivity index (χ4v) is 0.453. The molecule has 0 amide bonds. The lowest BCUT2D eigenvalue weighted by Crippen LogP contribution is -1.79. The first-order chi connectivity index (χ1) is 5.31. The van der Waals surface area contributed by atoms with Crippen LogP contribution in [0.5, 0.6) is 0 Å². The number of benzene rings is 1. The Kier molecular flexibility index (Phi) is 5.77. The SMILES string of the molecule is C#CCO.Nc1ccccc1. The number of anilines is 1. The highest BCUT2D eigenvalue weighted by molar-refractivity contribution is 5.35. The molecule has 0 saturated carbocycles. The molecule has 11 heavy (non-hydrogen) atoms. The number of hydrogen-bond acceptors (Lipinski definition) is 2. The third kappa shape index (κ3) is 6.42. The number of aliphatic hydroxyl groups is 1. The van der Waals surface area contributed by atoms with E-state index < -0.39 is 0 Å². The maximum absolute atomic E-state index is 7.64. The average Bonchev–Trinajstić information content (AvgIpc) is 2.07. The zero-order valence-corrected chi connectivity index (χ0v) is 6.20. The van der Waals surface area contributed by atoms with Crippen LogP contribution >= 0.6 is 0 Å². The maximum Gasteiger partial charge on any atom is 0.103 e. The van der Waals surface area contributed by atoms with Crippen LogP contribution < -0.4 is 5.73 Å². The predicted molar refractivity (Wildman–Crippen MR) is 46.8 cm³/mol. The van der Waals surface area contributed by atoms with Gasteiger partial charge in [0, 0.05) is 5.69 Å². The van der Waals surface area contributed by atoms with Crippen LogP contribution in [0.25, 0.3) is 0 Å². The lowest BCUT2D eigenvalue weighted by Gasteiger charge is -1.83. The number of nitrogens with two attached hydrogens (primary N) is 1. The van der Waals surface area contributed by atoms with Crippen molar-refractivity contribution in [2.24, 2.45) is 0 Å². The summed E-state index contributed by atoms with van der Waals surface area (Å²) < 4.78 is 0. The zero-order valence-electron chi connectivity index (χ0n) is 6.20. The molecule has 0 heterocycles. The van der Waals surface area contributed by atoms with Crippen molar-refractivity contribution in [3.05, 3.63) is 30.3 Å². The van der Waals surface area contributed by atoms with Crippen molar-refractivity contribution in [2.45, 2.75) is 0 Å². The first kappa shape index (κ1) is 9.54. The van der Waals surface area contributed by atoms with E-state index in [4.69, 9.17) is 10.8 Å². The fraction of sp³-hybridized carbons (Fsp3) is 0.111. The van der Waals surface area contributed by atoms with Gasteiger partial charge in [-0.25, -0.2) is 0 Å². The maximum atomic E-state index is 7.64. The topological polar surface area (TPSA) is 46.2 Å². The number of aliphatic hydroxyl groups excluding tert-OH is 1. The second kappa shape index (κ2) is 6.66. The molecule has 2 nitrogen and oxygen atoms in total. The van der Waals surface area contributed by atoms with Crippen molar-refractivity contribution in [1.29, 1.82) is 0 Å². The van der Waals surface area contributed by atoms with Crippen molar-refractivity contribution < 1.29 is 5.11 Å². The van der Waals surface area contributed by atoms with Gasteiger partial charge in [0.05, 0.1) is 0 Å².